The summed E-state index contributed by atoms with van der Waals surface area (Å²) in [6, 6.07) is 12.7. The highest BCUT2D eigenvalue weighted by Gasteiger charge is 2.63. The fourth-order valence-electron chi connectivity index (χ4n) is 7.58. The van der Waals surface area contributed by atoms with Crippen molar-refractivity contribution in [3.8, 4) is 17.0 Å². The standard InChI is InChI=1S/C32H36N2O4/c1-2-38-23-9-11-24-26(17-23)27-18-32(27,31(36)33-12-14-37-15-13-33)20-34-28-16-21(19-35)8-10-25(28)29(30(24)34)22-6-4-3-5-7-22/h8-11,16-17,19,22,27H,2-7,12-15,18,20H2,1H3. The van der Waals surface area contributed by atoms with Crippen LogP contribution in [0.2, 0.25) is 0 Å². The van der Waals surface area contributed by atoms with Crippen molar-refractivity contribution >= 4 is 23.1 Å². The van der Waals surface area contributed by atoms with E-state index in [0.717, 1.165) is 24.0 Å². The molecule has 2 atom stereocenters. The van der Waals surface area contributed by atoms with E-state index in [4.69, 9.17) is 9.47 Å². The van der Waals surface area contributed by atoms with Gasteiger partial charge in [-0.3, -0.25) is 9.59 Å². The topological polar surface area (TPSA) is 60.8 Å². The maximum Gasteiger partial charge on any atom is 0.231 e. The van der Waals surface area contributed by atoms with E-state index in [1.54, 1.807) is 0 Å². The number of carbonyl (C=O) groups is 2. The molecule has 2 aliphatic carbocycles. The van der Waals surface area contributed by atoms with Gasteiger partial charge in [-0.1, -0.05) is 31.4 Å². The summed E-state index contributed by atoms with van der Waals surface area (Å²) in [6.45, 7) is 5.78. The molecule has 0 N–H and O–H groups in total. The minimum Gasteiger partial charge on any atom is -0.494 e. The molecule has 7 rings (SSSR count). The summed E-state index contributed by atoms with van der Waals surface area (Å²) in [4.78, 5) is 28.1. The minimum absolute atomic E-state index is 0.164. The maximum atomic E-state index is 14.2. The maximum absolute atomic E-state index is 14.2. The van der Waals surface area contributed by atoms with Gasteiger partial charge in [0.2, 0.25) is 5.91 Å². The van der Waals surface area contributed by atoms with Crippen LogP contribution in [0.5, 0.6) is 5.75 Å². The zero-order chi connectivity index (χ0) is 25.9. The predicted molar refractivity (Wildman–Crippen MR) is 147 cm³/mol. The Kier molecular flexibility index (Phi) is 5.84. The van der Waals surface area contributed by atoms with Gasteiger partial charge in [-0.05, 0) is 67.5 Å². The number of morpholine rings is 1. The molecule has 3 fully saturated rings. The van der Waals surface area contributed by atoms with Gasteiger partial charge in [0, 0.05) is 47.6 Å². The van der Waals surface area contributed by atoms with E-state index in [1.165, 1.54) is 59.9 Å². The van der Waals surface area contributed by atoms with Crippen LogP contribution >= 0.6 is 0 Å². The molecule has 6 heteroatoms. The van der Waals surface area contributed by atoms with Gasteiger partial charge in [-0.15, -0.1) is 0 Å². The highest BCUT2D eigenvalue weighted by atomic mass is 16.5. The molecule has 0 bridgehead atoms. The van der Waals surface area contributed by atoms with Crippen molar-refractivity contribution in [2.24, 2.45) is 5.41 Å². The first-order valence-corrected chi connectivity index (χ1v) is 14.4. The zero-order valence-electron chi connectivity index (χ0n) is 22.2. The summed E-state index contributed by atoms with van der Waals surface area (Å²) in [7, 11) is 0. The third-order valence-corrected chi connectivity index (χ3v) is 9.48. The fourth-order valence-corrected chi connectivity index (χ4v) is 7.58. The summed E-state index contributed by atoms with van der Waals surface area (Å²) in [5.74, 6) is 1.78. The van der Waals surface area contributed by atoms with Gasteiger partial charge in [-0.25, -0.2) is 0 Å². The van der Waals surface area contributed by atoms with Crippen molar-refractivity contribution in [2.45, 2.75) is 63.8 Å². The Morgan fingerprint density at radius 3 is 2.68 bits per heavy atom. The SMILES string of the molecule is CCOc1ccc2c(c1)C1CC1(C(=O)N1CCOCC1)Cn1c-2c(C2CCCCC2)c2ccc(C=O)cc21. The second-order valence-corrected chi connectivity index (χ2v) is 11.6. The Morgan fingerprint density at radius 1 is 1.11 bits per heavy atom. The molecule has 1 amide bonds. The fraction of sp³-hybridized carbons (Fsp3) is 0.500. The number of aromatic nitrogens is 1. The van der Waals surface area contributed by atoms with E-state index in [-0.39, 0.29) is 11.8 Å². The lowest BCUT2D eigenvalue weighted by atomic mass is 9.81. The highest BCUT2D eigenvalue weighted by Crippen LogP contribution is 2.66. The third-order valence-electron chi connectivity index (χ3n) is 9.48. The average molecular weight is 513 g/mol. The number of amides is 1. The Morgan fingerprint density at radius 2 is 1.92 bits per heavy atom. The van der Waals surface area contributed by atoms with Gasteiger partial charge in [0.05, 0.1) is 30.9 Å². The van der Waals surface area contributed by atoms with Crippen molar-refractivity contribution in [2.75, 3.05) is 32.9 Å². The number of hydrogen-bond acceptors (Lipinski definition) is 4. The van der Waals surface area contributed by atoms with Gasteiger partial charge in [0.1, 0.15) is 12.0 Å². The normalized spacial score (nSPS) is 24.8. The van der Waals surface area contributed by atoms with Gasteiger partial charge >= 0.3 is 0 Å². The van der Waals surface area contributed by atoms with Crippen LogP contribution in [0.15, 0.2) is 36.4 Å². The number of fused-ring (bicyclic) bond motifs is 7. The quantitative estimate of drug-likeness (QED) is 0.399. The lowest BCUT2D eigenvalue weighted by molar-refractivity contribution is -0.141. The number of ether oxygens (including phenoxy) is 2. The summed E-state index contributed by atoms with van der Waals surface area (Å²) in [6.07, 6.45) is 7.96. The molecule has 4 aliphatic rings. The first-order chi connectivity index (χ1) is 18.6. The number of nitrogens with zero attached hydrogens (tertiary/aromatic N) is 2. The van der Waals surface area contributed by atoms with Crippen molar-refractivity contribution in [3.05, 3.63) is 53.1 Å². The zero-order valence-corrected chi connectivity index (χ0v) is 22.2. The predicted octanol–water partition coefficient (Wildman–Crippen LogP) is 5.91. The third kappa shape index (κ3) is 3.64. The highest BCUT2D eigenvalue weighted by molar-refractivity contribution is 5.98. The summed E-state index contributed by atoms with van der Waals surface area (Å²) in [5, 5.41) is 1.24. The Hall–Kier alpha value is -3.12. The van der Waals surface area contributed by atoms with E-state index in [2.05, 4.69) is 28.8 Å². The van der Waals surface area contributed by atoms with Crippen LogP contribution in [0.3, 0.4) is 0 Å². The van der Waals surface area contributed by atoms with Crippen LogP contribution in [0.1, 0.15) is 78.8 Å². The minimum atomic E-state index is -0.477. The van der Waals surface area contributed by atoms with E-state index in [1.807, 2.05) is 24.0 Å². The van der Waals surface area contributed by atoms with Gasteiger partial charge in [0.15, 0.2) is 0 Å². The molecule has 2 unspecified atom stereocenters. The van der Waals surface area contributed by atoms with Crippen molar-refractivity contribution in [3.63, 3.8) is 0 Å². The van der Waals surface area contributed by atoms with Crippen molar-refractivity contribution in [1.82, 2.24) is 9.47 Å². The molecular formula is C32H36N2O4. The number of benzene rings is 2. The molecular weight excluding hydrogens is 476 g/mol. The van der Waals surface area contributed by atoms with Gasteiger partial charge in [0.25, 0.3) is 0 Å². The number of hydrogen-bond donors (Lipinski definition) is 0. The lowest BCUT2D eigenvalue weighted by Gasteiger charge is -2.31. The first-order valence-electron chi connectivity index (χ1n) is 14.4. The summed E-state index contributed by atoms with van der Waals surface area (Å²) >= 11 is 0. The van der Waals surface area contributed by atoms with Crippen LogP contribution in [0.4, 0.5) is 0 Å². The molecule has 1 saturated heterocycles. The van der Waals surface area contributed by atoms with Crippen LogP contribution in [-0.4, -0.2) is 54.6 Å². The van der Waals surface area contributed by atoms with Gasteiger partial charge in [-0.2, -0.15) is 0 Å². The number of rotatable bonds is 5. The molecule has 2 aliphatic heterocycles. The lowest BCUT2D eigenvalue weighted by Crippen LogP contribution is -2.45. The molecule has 198 valence electrons. The Labute approximate surface area is 223 Å². The Balaban J connectivity index is 1.47. The smallest absolute Gasteiger partial charge is 0.231 e. The molecule has 2 aromatic carbocycles. The monoisotopic (exact) mass is 512 g/mol. The Bertz CT molecular complexity index is 1410. The molecule has 3 aromatic rings. The van der Waals surface area contributed by atoms with E-state index >= 15 is 0 Å². The number of carbonyl (C=O) groups excluding carboxylic acids is 2. The van der Waals surface area contributed by atoms with Crippen LogP contribution in [0, 0.1) is 5.41 Å². The van der Waals surface area contributed by atoms with E-state index in [0.29, 0.717) is 50.9 Å². The van der Waals surface area contributed by atoms with Crippen LogP contribution < -0.4 is 4.74 Å². The molecule has 38 heavy (non-hydrogen) atoms. The summed E-state index contributed by atoms with van der Waals surface area (Å²) in [5.41, 5.74) is 6.45. The molecule has 0 spiro atoms. The van der Waals surface area contributed by atoms with Crippen LogP contribution in [-0.2, 0) is 16.1 Å². The van der Waals surface area contributed by atoms with E-state index < -0.39 is 5.41 Å². The average Bonchev–Trinajstić information content (AvgIpc) is 3.64. The molecule has 2 saturated carbocycles. The van der Waals surface area contributed by atoms with E-state index in [9.17, 15) is 9.59 Å². The number of aldehydes is 1. The molecule has 6 nitrogen and oxygen atoms in total. The van der Waals surface area contributed by atoms with Crippen LogP contribution in [0.25, 0.3) is 22.2 Å². The second kappa shape index (κ2) is 9.26. The molecule has 0 radical (unpaired) electrons. The molecule has 3 heterocycles. The largest absolute Gasteiger partial charge is 0.494 e. The van der Waals surface area contributed by atoms with Crippen molar-refractivity contribution in [1.29, 1.82) is 0 Å². The summed E-state index contributed by atoms with van der Waals surface area (Å²) < 4.78 is 13.9. The van der Waals surface area contributed by atoms with Gasteiger partial charge < -0.3 is 18.9 Å². The van der Waals surface area contributed by atoms with Crippen molar-refractivity contribution < 1.29 is 19.1 Å². The molecule has 1 aromatic heterocycles. The second-order valence-electron chi connectivity index (χ2n) is 11.6. The first kappa shape index (κ1) is 24.0.